The van der Waals surface area contributed by atoms with E-state index in [1.807, 2.05) is 41.1 Å². The van der Waals surface area contributed by atoms with E-state index in [0.29, 0.717) is 27.6 Å². The number of anilines is 2. The molecule has 1 atom stereocenters. The van der Waals surface area contributed by atoms with Crippen molar-refractivity contribution < 1.29 is 0 Å². The number of nitrogens with zero attached hydrogens (tertiary/aromatic N) is 6. The van der Waals surface area contributed by atoms with Gasteiger partial charge in [0.05, 0.1) is 40.7 Å². The number of aromatic nitrogens is 4. The van der Waals surface area contributed by atoms with Crippen molar-refractivity contribution in [3.8, 4) is 6.07 Å². The number of piperidine rings is 1. The lowest BCUT2D eigenvalue weighted by molar-refractivity contribution is 0.0866. The second kappa shape index (κ2) is 11.7. The fourth-order valence-corrected chi connectivity index (χ4v) is 6.11. The number of nitriles is 1. The summed E-state index contributed by atoms with van der Waals surface area (Å²) in [6.07, 6.45) is 8.17. The van der Waals surface area contributed by atoms with Gasteiger partial charge in [0.1, 0.15) is 11.8 Å². The smallest absolute Gasteiger partial charge is 0.109 e. The Hall–Kier alpha value is -3.38. The topological polar surface area (TPSA) is 94.7 Å². The Morgan fingerprint density at radius 1 is 1.05 bits per heavy atom. The van der Waals surface area contributed by atoms with Crippen LogP contribution >= 0.6 is 23.2 Å². The van der Waals surface area contributed by atoms with Crippen LogP contribution in [0.4, 0.5) is 11.4 Å². The largest absolute Gasteiger partial charge is 0.383 e. The van der Waals surface area contributed by atoms with Crippen molar-refractivity contribution >= 4 is 45.5 Å². The number of fused-ring (bicyclic) bond motifs is 1. The molecule has 2 aromatic heterocycles. The second-order valence-corrected chi connectivity index (χ2v) is 13.3. The summed E-state index contributed by atoms with van der Waals surface area (Å²) in [4.78, 5) is 7.24. The molecule has 218 valence electrons. The molecule has 0 radical (unpaired) electrons. The van der Waals surface area contributed by atoms with Crippen molar-refractivity contribution in [1.29, 1.82) is 5.26 Å². The van der Waals surface area contributed by atoms with Crippen LogP contribution in [0, 0.1) is 17.2 Å². The van der Waals surface area contributed by atoms with Crippen LogP contribution in [0.2, 0.25) is 10.0 Å². The maximum atomic E-state index is 9.82. The lowest BCUT2D eigenvalue weighted by Gasteiger charge is -2.40. The molecule has 4 aromatic rings. The Bertz CT molecular complexity index is 1610. The molecule has 1 aliphatic carbocycles. The Morgan fingerprint density at radius 2 is 1.79 bits per heavy atom. The molecule has 1 aliphatic heterocycles. The van der Waals surface area contributed by atoms with Crippen molar-refractivity contribution in [2.24, 2.45) is 5.92 Å². The highest BCUT2D eigenvalue weighted by Crippen LogP contribution is 2.38. The van der Waals surface area contributed by atoms with E-state index >= 15 is 0 Å². The van der Waals surface area contributed by atoms with Gasteiger partial charge in [-0.05, 0) is 82.2 Å². The minimum atomic E-state index is -0.326. The molecule has 0 amide bonds. The third kappa shape index (κ3) is 6.19. The van der Waals surface area contributed by atoms with Crippen LogP contribution in [0.3, 0.4) is 0 Å². The molecule has 2 aliphatic rings. The molecule has 6 rings (SSSR count). The zero-order valence-electron chi connectivity index (χ0n) is 24.2. The zero-order valence-corrected chi connectivity index (χ0v) is 25.8. The van der Waals surface area contributed by atoms with E-state index < -0.39 is 0 Å². The molecule has 10 heteroatoms. The van der Waals surface area contributed by atoms with Crippen LogP contribution in [0.25, 0.3) is 10.9 Å². The van der Waals surface area contributed by atoms with Crippen molar-refractivity contribution in [2.45, 2.75) is 64.1 Å². The molecule has 2 fully saturated rings. The summed E-state index contributed by atoms with van der Waals surface area (Å²) in [7, 11) is 0. The normalized spacial score (nSPS) is 17.2. The lowest BCUT2D eigenvalue weighted by Crippen LogP contribution is -2.46. The predicted octanol–water partition coefficient (Wildman–Crippen LogP) is 7.46. The third-order valence-electron chi connectivity index (χ3n) is 8.44. The third-order valence-corrected chi connectivity index (χ3v) is 8.91. The highest BCUT2D eigenvalue weighted by molar-refractivity contribution is 6.32. The molecule has 2 N–H and O–H groups in total. The summed E-state index contributed by atoms with van der Waals surface area (Å²) >= 11 is 12.9. The fourth-order valence-electron chi connectivity index (χ4n) is 5.76. The number of nitrogens with one attached hydrogen (secondary N) is 2. The van der Waals surface area contributed by atoms with E-state index in [-0.39, 0.29) is 11.6 Å². The fraction of sp³-hybridized carbons (Fsp3) is 0.438. The molecule has 3 heterocycles. The maximum absolute atomic E-state index is 9.82. The number of benzene rings is 2. The first-order valence-corrected chi connectivity index (χ1v) is 15.4. The summed E-state index contributed by atoms with van der Waals surface area (Å²) in [6.45, 7) is 9.70. The average molecular weight is 604 g/mol. The predicted molar refractivity (Wildman–Crippen MR) is 169 cm³/mol. The van der Waals surface area contributed by atoms with Gasteiger partial charge in [-0.2, -0.15) is 5.26 Å². The van der Waals surface area contributed by atoms with Gasteiger partial charge in [-0.25, -0.2) is 4.68 Å². The second-order valence-electron chi connectivity index (χ2n) is 12.5. The van der Waals surface area contributed by atoms with E-state index in [0.717, 1.165) is 66.0 Å². The first-order valence-electron chi connectivity index (χ1n) is 14.6. The number of halogens is 2. The number of rotatable bonds is 8. The van der Waals surface area contributed by atoms with Crippen molar-refractivity contribution in [1.82, 2.24) is 24.9 Å². The van der Waals surface area contributed by atoms with Gasteiger partial charge in [0.2, 0.25) is 0 Å². The molecule has 8 nitrogen and oxygen atoms in total. The molecule has 0 unspecified atom stereocenters. The highest BCUT2D eigenvalue weighted by Gasteiger charge is 2.29. The van der Waals surface area contributed by atoms with Gasteiger partial charge in [0, 0.05) is 46.8 Å². The maximum Gasteiger partial charge on any atom is 0.109 e. The quantitative estimate of drug-likeness (QED) is 0.216. The first-order chi connectivity index (χ1) is 20.2. The number of likely N-dealkylation sites (tertiary alicyclic amines) is 1. The summed E-state index contributed by atoms with van der Waals surface area (Å²) in [6, 6.07) is 13.8. The van der Waals surface area contributed by atoms with Crippen molar-refractivity contribution in [3.63, 3.8) is 0 Å². The van der Waals surface area contributed by atoms with Crippen LogP contribution in [-0.2, 0) is 0 Å². The Morgan fingerprint density at radius 3 is 2.45 bits per heavy atom. The van der Waals surface area contributed by atoms with Crippen LogP contribution in [-0.4, -0.2) is 50.1 Å². The minimum Gasteiger partial charge on any atom is -0.383 e. The summed E-state index contributed by atoms with van der Waals surface area (Å²) < 4.78 is 2.02. The van der Waals surface area contributed by atoms with Crippen LogP contribution in [0.1, 0.15) is 75.4 Å². The van der Waals surface area contributed by atoms with E-state index in [4.69, 9.17) is 28.2 Å². The molecule has 0 bridgehead atoms. The number of hydrogen-bond acceptors (Lipinski definition) is 7. The Balaban J connectivity index is 1.34. The van der Waals surface area contributed by atoms with Crippen LogP contribution in [0.5, 0.6) is 0 Å². The molecule has 1 saturated heterocycles. The standard InChI is InChI=1S/C32H36Cl2N8/c1-32(2,3)41-12-10-25(11-13-41)42-19-28(39-40-42)30(21-6-8-23(33)9-7-21)38-27-15-24(34)14-26-29(36-17-20-4-5-20)22(16-35)18-37-31(26)27/h6-9,14-15,18-20,25,30,38H,4-5,10-13,17H2,1-3H3,(H,36,37)/t30-/m0/s1. The van der Waals surface area contributed by atoms with Crippen LogP contribution < -0.4 is 10.6 Å². The highest BCUT2D eigenvalue weighted by atomic mass is 35.5. The number of pyridine rings is 1. The molecule has 0 spiro atoms. The SMILES string of the molecule is CC(C)(C)N1CCC(n2cc([C@@H](Nc3cc(Cl)cc4c(NCC5CC5)c(C#N)cnc34)c3ccc(Cl)cc3)nn2)CC1. The zero-order chi connectivity index (χ0) is 29.4. The molecule has 1 saturated carbocycles. The molecular weight excluding hydrogens is 567 g/mol. The van der Waals surface area contributed by atoms with Gasteiger partial charge >= 0.3 is 0 Å². The van der Waals surface area contributed by atoms with E-state index in [2.05, 4.69) is 58.9 Å². The minimum absolute atomic E-state index is 0.164. The van der Waals surface area contributed by atoms with Gasteiger partial charge in [0.25, 0.3) is 0 Å². The van der Waals surface area contributed by atoms with Gasteiger partial charge < -0.3 is 10.6 Å². The van der Waals surface area contributed by atoms with E-state index in [9.17, 15) is 5.26 Å². The van der Waals surface area contributed by atoms with E-state index in [1.165, 1.54) is 12.8 Å². The average Bonchev–Trinajstić information content (AvgIpc) is 3.68. The van der Waals surface area contributed by atoms with Gasteiger partial charge in [-0.3, -0.25) is 9.88 Å². The summed E-state index contributed by atoms with van der Waals surface area (Å²) in [5.74, 6) is 0.647. The molecule has 42 heavy (non-hydrogen) atoms. The number of hydrogen-bond donors (Lipinski definition) is 2. The van der Waals surface area contributed by atoms with E-state index in [1.54, 1.807) is 6.20 Å². The van der Waals surface area contributed by atoms with Gasteiger partial charge in [-0.15, -0.1) is 5.10 Å². The molecular formula is C32H36Cl2N8. The molecule has 2 aromatic carbocycles. The van der Waals surface area contributed by atoms with Crippen molar-refractivity contribution in [3.05, 3.63) is 75.7 Å². The first kappa shape index (κ1) is 28.7. The summed E-state index contributed by atoms with van der Waals surface area (Å²) in [5, 5.41) is 28.3. The summed E-state index contributed by atoms with van der Waals surface area (Å²) in [5.41, 5.74) is 4.72. The Labute approximate surface area is 257 Å². The van der Waals surface area contributed by atoms with Crippen molar-refractivity contribution in [2.75, 3.05) is 30.3 Å². The lowest BCUT2D eigenvalue weighted by atomic mass is 9.98. The van der Waals surface area contributed by atoms with Gasteiger partial charge in [-0.1, -0.05) is 40.5 Å². The monoisotopic (exact) mass is 602 g/mol. The van der Waals surface area contributed by atoms with Gasteiger partial charge in [0.15, 0.2) is 0 Å². The Kier molecular flexibility index (Phi) is 8.01. The van der Waals surface area contributed by atoms with Crippen LogP contribution in [0.15, 0.2) is 48.8 Å².